The molecule has 3 aromatic carbocycles. The molecule has 0 unspecified atom stereocenters. The summed E-state index contributed by atoms with van der Waals surface area (Å²) in [6.07, 6.45) is 1.77. The van der Waals surface area contributed by atoms with Crippen molar-refractivity contribution in [2.45, 2.75) is 6.61 Å². The minimum atomic E-state index is -0.323. The van der Waals surface area contributed by atoms with Gasteiger partial charge < -0.3 is 14.4 Å². The molecule has 8 heteroatoms. The van der Waals surface area contributed by atoms with Gasteiger partial charge in [0.05, 0.1) is 17.7 Å². The van der Waals surface area contributed by atoms with Crippen LogP contribution in [0.2, 0.25) is 0 Å². The third-order valence-electron chi connectivity index (χ3n) is 5.24. The maximum Gasteiger partial charge on any atom is 0.270 e. The predicted octanol–water partition coefficient (Wildman–Crippen LogP) is 5.89. The minimum absolute atomic E-state index is 0.0770. The maximum absolute atomic E-state index is 13.9. The highest BCUT2D eigenvalue weighted by Crippen LogP contribution is 2.37. The van der Waals surface area contributed by atoms with Gasteiger partial charge in [-0.05, 0) is 54.1 Å². The Balaban J connectivity index is 1.52. The fraction of sp³-hybridized carbons (Fsp3) is 0.154. The number of rotatable bonds is 7. The molecule has 1 heterocycles. The van der Waals surface area contributed by atoms with E-state index < -0.39 is 0 Å². The van der Waals surface area contributed by atoms with Crippen LogP contribution in [-0.4, -0.2) is 31.4 Å². The molecule has 1 saturated heterocycles. The van der Waals surface area contributed by atoms with Gasteiger partial charge in [-0.2, -0.15) is 0 Å². The summed E-state index contributed by atoms with van der Waals surface area (Å²) < 4.78 is 25.6. The second kappa shape index (κ2) is 10.3. The molecule has 0 atom stereocenters. The van der Waals surface area contributed by atoms with Crippen molar-refractivity contribution in [2.24, 2.45) is 0 Å². The van der Waals surface area contributed by atoms with Crippen molar-refractivity contribution >= 4 is 51.7 Å². The number of hydrogen-bond donors (Lipinski definition) is 0. The van der Waals surface area contributed by atoms with Crippen LogP contribution in [0.5, 0.6) is 11.5 Å². The van der Waals surface area contributed by atoms with Gasteiger partial charge in [0.25, 0.3) is 5.91 Å². The number of thioether (sulfide) groups is 1. The number of thiocarbonyl (C=S) groups is 1. The number of amides is 1. The van der Waals surface area contributed by atoms with Crippen LogP contribution in [0.1, 0.15) is 11.1 Å². The summed E-state index contributed by atoms with van der Waals surface area (Å²) in [5, 5.41) is 0. The first-order valence-corrected chi connectivity index (χ1v) is 11.7. The van der Waals surface area contributed by atoms with Gasteiger partial charge in [-0.25, -0.2) is 4.39 Å². The molecule has 1 aliphatic heterocycles. The van der Waals surface area contributed by atoms with Gasteiger partial charge in [-0.3, -0.25) is 9.69 Å². The Morgan fingerprint density at radius 3 is 2.47 bits per heavy atom. The molecule has 1 aliphatic rings. The molecule has 4 rings (SSSR count). The number of benzene rings is 3. The van der Waals surface area contributed by atoms with E-state index in [1.807, 2.05) is 49.3 Å². The van der Waals surface area contributed by atoms with Crippen LogP contribution in [-0.2, 0) is 11.4 Å². The van der Waals surface area contributed by atoms with E-state index in [9.17, 15) is 9.18 Å². The normalized spacial score (nSPS) is 14.6. The first kappa shape index (κ1) is 23.8. The molecule has 0 saturated carbocycles. The van der Waals surface area contributed by atoms with Crippen molar-refractivity contribution < 1.29 is 18.7 Å². The number of hydrogen-bond acceptors (Lipinski definition) is 6. The summed E-state index contributed by atoms with van der Waals surface area (Å²) in [6, 6.07) is 19.5. The molecule has 5 nitrogen and oxygen atoms in total. The van der Waals surface area contributed by atoms with Crippen LogP contribution in [0.4, 0.5) is 15.8 Å². The predicted molar refractivity (Wildman–Crippen MR) is 140 cm³/mol. The lowest BCUT2D eigenvalue weighted by Gasteiger charge is -2.17. The van der Waals surface area contributed by atoms with E-state index in [2.05, 4.69) is 0 Å². The van der Waals surface area contributed by atoms with E-state index in [-0.39, 0.29) is 18.3 Å². The molecular weight excluding hydrogens is 471 g/mol. The van der Waals surface area contributed by atoms with Gasteiger partial charge >= 0.3 is 0 Å². The number of carbonyl (C=O) groups excluding carboxylic acids is 1. The van der Waals surface area contributed by atoms with Crippen molar-refractivity contribution in [3.05, 3.63) is 88.6 Å². The van der Waals surface area contributed by atoms with Crippen molar-refractivity contribution in [1.29, 1.82) is 0 Å². The van der Waals surface area contributed by atoms with Crippen LogP contribution in [0.25, 0.3) is 6.08 Å². The fourth-order valence-corrected chi connectivity index (χ4v) is 4.70. The highest BCUT2D eigenvalue weighted by atomic mass is 32.2. The van der Waals surface area contributed by atoms with Crippen LogP contribution >= 0.6 is 24.0 Å². The number of ether oxygens (including phenoxy) is 2. The Hall–Kier alpha value is -3.36. The van der Waals surface area contributed by atoms with E-state index in [0.29, 0.717) is 26.3 Å². The fourth-order valence-electron chi connectivity index (χ4n) is 3.41. The highest BCUT2D eigenvalue weighted by Gasteiger charge is 2.33. The van der Waals surface area contributed by atoms with Gasteiger partial charge in [-0.1, -0.05) is 48.2 Å². The van der Waals surface area contributed by atoms with Crippen molar-refractivity contribution in [2.75, 3.05) is 31.0 Å². The minimum Gasteiger partial charge on any atom is -0.493 e. The van der Waals surface area contributed by atoms with E-state index in [1.165, 1.54) is 29.8 Å². The van der Waals surface area contributed by atoms with E-state index in [4.69, 9.17) is 21.7 Å². The van der Waals surface area contributed by atoms with Crippen molar-refractivity contribution in [3.8, 4) is 11.5 Å². The van der Waals surface area contributed by atoms with Gasteiger partial charge in [0.2, 0.25) is 0 Å². The van der Waals surface area contributed by atoms with Crippen molar-refractivity contribution in [1.82, 2.24) is 0 Å². The maximum atomic E-state index is 13.9. The molecule has 0 aromatic heterocycles. The van der Waals surface area contributed by atoms with E-state index >= 15 is 0 Å². The molecule has 0 spiro atoms. The largest absolute Gasteiger partial charge is 0.493 e. The third-order valence-corrected chi connectivity index (χ3v) is 6.55. The summed E-state index contributed by atoms with van der Waals surface area (Å²) in [5.41, 5.74) is 2.98. The Labute approximate surface area is 207 Å². The summed E-state index contributed by atoms with van der Waals surface area (Å²) >= 11 is 6.73. The first-order valence-electron chi connectivity index (χ1n) is 10.5. The molecule has 0 aliphatic carbocycles. The second-order valence-electron chi connectivity index (χ2n) is 7.72. The number of anilines is 2. The summed E-state index contributed by atoms with van der Waals surface area (Å²) in [6.45, 7) is 0.0770. The summed E-state index contributed by atoms with van der Waals surface area (Å²) in [5.74, 6) is 0.471. The second-order valence-corrected chi connectivity index (χ2v) is 9.39. The Morgan fingerprint density at radius 2 is 1.79 bits per heavy atom. The Kier molecular flexibility index (Phi) is 7.19. The van der Waals surface area contributed by atoms with Crippen LogP contribution < -0.4 is 19.3 Å². The number of halogens is 1. The average Bonchev–Trinajstić information content (AvgIpc) is 3.11. The highest BCUT2D eigenvalue weighted by molar-refractivity contribution is 8.27. The van der Waals surface area contributed by atoms with E-state index in [0.717, 1.165) is 16.9 Å². The monoisotopic (exact) mass is 494 g/mol. The van der Waals surface area contributed by atoms with E-state index in [1.54, 1.807) is 36.4 Å². The SMILES string of the molecule is COc1cc(/C=C2/SC(=S)N(c3ccc(N(C)C)cc3)C2=O)ccc1OCc1ccccc1F. The first-order chi connectivity index (χ1) is 16.4. The molecule has 174 valence electrons. The zero-order chi connectivity index (χ0) is 24.2. The zero-order valence-electron chi connectivity index (χ0n) is 18.9. The van der Waals surface area contributed by atoms with Crippen LogP contribution in [0.15, 0.2) is 71.6 Å². The number of methoxy groups -OCH3 is 1. The molecule has 1 fully saturated rings. The van der Waals surface area contributed by atoms with Gasteiger partial charge in [0.15, 0.2) is 15.8 Å². The van der Waals surface area contributed by atoms with Crippen LogP contribution in [0, 0.1) is 5.82 Å². The average molecular weight is 495 g/mol. The summed E-state index contributed by atoms with van der Waals surface area (Å²) in [4.78, 5) is 17.1. The standard InChI is InChI=1S/C26H23FN2O3S2/c1-28(2)19-9-11-20(12-10-19)29-25(30)24(34-26(29)33)15-17-8-13-22(23(14-17)31-3)32-16-18-6-4-5-7-21(18)27/h4-15H,16H2,1-3H3/b24-15+. The van der Waals surface area contributed by atoms with Crippen molar-refractivity contribution in [3.63, 3.8) is 0 Å². The molecular formula is C26H23FN2O3S2. The van der Waals surface area contributed by atoms with Crippen LogP contribution in [0.3, 0.4) is 0 Å². The topological polar surface area (TPSA) is 42.0 Å². The lowest BCUT2D eigenvalue weighted by molar-refractivity contribution is -0.113. The van der Waals surface area contributed by atoms with Gasteiger partial charge in [0.1, 0.15) is 12.4 Å². The molecule has 0 radical (unpaired) electrons. The van der Waals surface area contributed by atoms with Gasteiger partial charge in [0, 0.05) is 25.3 Å². The molecule has 3 aromatic rings. The molecule has 0 N–H and O–H groups in total. The third kappa shape index (κ3) is 5.08. The Morgan fingerprint density at radius 1 is 1.06 bits per heavy atom. The lowest BCUT2D eigenvalue weighted by Crippen LogP contribution is -2.27. The van der Waals surface area contributed by atoms with Gasteiger partial charge in [-0.15, -0.1) is 0 Å². The zero-order valence-corrected chi connectivity index (χ0v) is 20.6. The molecule has 34 heavy (non-hydrogen) atoms. The number of carbonyl (C=O) groups is 1. The lowest BCUT2D eigenvalue weighted by atomic mass is 10.1. The quantitative estimate of drug-likeness (QED) is 0.302. The molecule has 0 bridgehead atoms. The molecule has 1 amide bonds. The summed E-state index contributed by atoms with van der Waals surface area (Å²) in [7, 11) is 5.45. The Bertz CT molecular complexity index is 1260. The smallest absolute Gasteiger partial charge is 0.270 e. The number of nitrogens with zero attached hydrogens (tertiary/aromatic N) is 2.